The van der Waals surface area contributed by atoms with Gasteiger partial charge in [-0.3, -0.25) is 0 Å². The Balaban J connectivity index is 2.23. The second-order valence-corrected chi connectivity index (χ2v) is 4.25. The van der Waals surface area contributed by atoms with Crippen LogP contribution in [-0.4, -0.2) is 17.0 Å². The van der Waals surface area contributed by atoms with E-state index < -0.39 is 0 Å². The molecule has 18 heavy (non-hydrogen) atoms. The van der Waals surface area contributed by atoms with Gasteiger partial charge >= 0.3 is 0 Å². The minimum absolute atomic E-state index is 0.0634. The van der Waals surface area contributed by atoms with Gasteiger partial charge in [0.05, 0.1) is 11.7 Å². The van der Waals surface area contributed by atoms with Crippen molar-refractivity contribution in [1.82, 2.24) is 15.3 Å². The molecule has 0 bridgehead atoms. The molecule has 1 unspecified atom stereocenters. The molecule has 0 radical (unpaired) electrons. The molecule has 1 aromatic heterocycles. The zero-order valence-corrected chi connectivity index (χ0v) is 10.5. The highest BCUT2D eigenvalue weighted by atomic mass is 19.1. The van der Waals surface area contributed by atoms with Crippen LogP contribution in [0.2, 0.25) is 0 Å². The van der Waals surface area contributed by atoms with Crippen molar-refractivity contribution in [3.8, 4) is 0 Å². The minimum atomic E-state index is -0.201. The number of hydrogen-bond donors (Lipinski definition) is 1. The maximum atomic E-state index is 13.3. The summed E-state index contributed by atoms with van der Waals surface area (Å²) in [6.07, 6.45) is 3.94. The van der Waals surface area contributed by atoms with E-state index in [0.29, 0.717) is 6.42 Å². The normalized spacial score (nSPS) is 12.4. The van der Waals surface area contributed by atoms with Crippen molar-refractivity contribution in [3.63, 3.8) is 0 Å². The van der Waals surface area contributed by atoms with Crippen molar-refractivity contribution in [3.05, 3.63) is 59.4 Å². The van der Waals surface area contributed by atoms with Crippen LogP contribution >= 0.6 is 0 Å². The summed E-state index contributed by atoms with van der Waals surface area (Å²) in [6.45, 7) is 1.99. The third-order valence-electron chi connectivity index (χ3n) is 3.05. The Kier molecular flexibility index (Phi) is 3.99. The Bertz CT molecular complexity index is 514. The van der Waals surface area contributed by atoms with Gasteiger partial charge < -0.3 is 5.32 Å². The summed E-state index contributed by atoms with van der Waals surface area (Å²) in [7, 11) is 1.88. The van der Waals surface area contributed by atoms with Crippen LogP contribution in [0.5, 0.6) is 0 Å². The number of likely N-dealkylation sites (N-methyl/N-ethyl adjacent to an activating group) is 1. The van der Waals surface area contributed by atoms with Gasteiger partial charge in [0.2, 0.25) is 0 Å². The molecule has 0 aliphatic rings. The highest BCUT2D eigenvalue weighted by Gasteiger charge is 2.13. The fourth-order valence-electron chi connectivity index (χ4n) is 1.94. The number of hydrogen-bond acceptors (Lipinski definition) is 3. The summed E-state index contributed by atoms with van der Waals surface area (Å²) in [5.74, 6) is -0.201. The van der Waals surface area contributed by atoms with Crippen molar-refractivity contribution in [2.24, 2.45) is 0 Å². The molecule has 0 saturated carbocycles. The van der Waals surface area contributed by atoms with Crippen molar-refractivity contribution >= 4 is 0 Å². The van der Waals surface area contributed by atoms with E-state index in [1.807, 2.05) is 20.0 Å². The molecule has 1 N–H and O–H groups in total. The molecule has 4 heteroatoms. The lowest BCUT2D eigenvalue weighted by atomic mass is 9.99. The van der Waals surface area contributed by atoms with Gasteiger partial charge in [0, 0.05) is 6.20 Å². The van der Waals surface area contributed by atoms with Gasteiger partial charge in [0.1, 0.15) is 12.1 Å². The first-order valence-electron chi connectivity index (χ1n) is 5.89. The fraction of sp³-hybridized carbons (Fsp3) is 0.286. The number of nitrogens with zero attached hydrogens (tertiary/aromatic N) is 2. The van der Waals surface area contributed by atoms with Crippen molar-refractivity contribution < 1.29 is 4.39 Å². The molecule has 2 aromatic rings. The van der Waals surface area contributed by atoms with Crippen LogP contribution in [0.1, 0.15) is 22.9 Å². The zero-order valence-electron chi connectivity index (χ0n) is 10.5. The Labute approximate surface area is 106 Å². The Morgan fingerprint density at radius 2 is 2.17 bits per heavy atom. The minimum Gasteiger partial charge on any atom is -0.311 e. The molecular weight excluding hydrogens is 229 g/mol. The lowest BCUT2D eigenvalue weighted by Gasteiger charge is -2.16. The lowest BCUT2D eigenvalue weighted by molar-refractivity contribution is 0.567. The van der Waals surface area contributed by atoms with E-state index in [0.717, 1.165) is 16.8 Å². The molecular formula is C14H16FN3. The standard InChI is InChI=1S/C14H16FN3/c1-10-3-4-12(15)7-11(10)8-14(16-2)13-5-6-17-9-18-13/h3-7,9,14,16H,8H2,1-2H3. The number of aromatic nitrogens is 2. The Morgan fingerprint density at radius 1 is 1.33 bits per heavy atom. The van der Waals surface area contributed by atoms with Crippen molar-refractivity contribution in [1.29, 1.82) is 0 Å². The zero-order chi connectivity index (χ0) is 13.0. The Morgan fingerprint density at radius 3 is 2.83 bits per heavy atom. The molecule has 1 aromatic carbocycles. The van der Waals surface area contributed by atoms with E-state index in [1.54, 1.807) is 18.3 Å². The van der Waals surface area contributed by atoms with Crippen LogP contribution in [0.15, 0.2) is 36.8 Å². The number of rotatable bonds is 4. The second-order valence-electron chi connectivity index (χ2n) is 4.25. The van der Waals surface area contributed by atoms with Gasteiger partial charge in [-0.15, -0.1) is 0 Å². The predicted molar refractivity (Wildman–Crippen MR) is 68.7 cm³/mol. The molecule has 0 fully saturated rings. The Hall–Kier alpha value is -1.81. The molecule has 0 spiro atoms. The van der Waals surface area contributed by atoms with Gasteiger partial charge in [0.25, 0.3) is 0 Å². The van der Waals surface area contributed by atoms with Crippen LogP contribution in [0.4, 0.5) is 4.39 Å². The molecule has 94 valence electrons. The summed E-state index contributed by atoms with van der Waals surface area (Å²) in [5.41, 5.74) is 3.00. The van der Waals surface area contributed by atoms with Gasteiger partial charge in [0.15, 0.2) is 0 Å². The summed E-state index contributed by atoms with van der Waals surface area (Å²) in [6, 6.07) is 6.81. The summed E-state index contributed by atoms with van der Waals surface area (Å²) in [4.78, 5) is 8.13. The monoisotopic (exact) mass is 245 g/mol. The van der Waals surface area contributed by atoms with Crippen LogP contribution in [0, 0.1) is 12.7 Å². The summed E-state index contributed by atoms with van der Waals surface area (Å²) in [5, 5.41) is 3.20. The fourth-order valence-corrected chi connectivity index (χ4v) is 1.94. The average Bonchev–Trinajstić information content (AvgIpc) is 2.41. The van der Waals surface area contributed by atoms with Crippen molar-refractivity contribution in [2.45, 2.75) is 19.4 Å². The van der Waals surface area contributed by atoms with E-state index in [-0.39, 0.29) is 11.9 Å². The largest absolute Gasteiger partial charge is 0.311 e. The molecule has 0 aliphatic heterocycles. The van der Waals surface area contributed by atoms with E-state index in [2.05, 4.69) is 15.3 Å². The molecule has 0 amide bonds. The summed E-state index contributed by atoms with van der Waals surface area (Å²) < 4.78 is 13.3. The molecule has 0 saturated heterocycles. The van der Waals surface area contributed by atoms with Crippen LogP contribution in [0.3, 0.4) is 0 Å². The smallest absolute Gasteiger partial charge is 0.123 e. The van der Waals surface area contributed by atoms with Gasteiger partial charge in [-0.2, -0.15) is 0 Å². The van der Waals surface area contributed by atoms with Crippen molar-refractivity contribution in [2.75, 3.05) is 7.05 Å². The molecule has 1 atom stereocenters. The quantitative estimate of drug-likeness (QED) is 0.899. The van der Waals surface area contributed by atoms with E-state index in [1.165, 1.54) is 12.4 Å². The third-order valence-corrected chi connectivity index (χ3v) is 3.05. The highest BCUT2D eigenvalue weighted by molar-refractivity contribution is 5.28. The summed E-state index contributed by atoms with van der Waals surface area (Å²) >= 11 is 0. The van der Waals surface area contributed by atoms with Crippen LogP contribution < -0.4 is 5.32 Å². The second kappa shape index (κ2) is 5.69. The molecule has 2 rings (SSSR count). The van der Waals surface area contributed by atoms with E-state index >= 15 is 0 Å². The average molecular weight is 245 g/mol. The number of nitrogens with one attached hydrogen (secondary N) is 1. The first-order chi connectivity index (χ1) is 8.70. The van der Waals surface area contributed by atoms with E-state index in [9.17, 15) is 4.39 Å². The predicted octanol–water partition coefficient (Wildman–Crippen LogP) is 2.43. The van der Waals surface area contributed by atoms with E-state index in [4.69, 9.17) is 0 Å². The van der Waals surface area contributed by atoms with Gasteiger partial charge in [-0.1, -0.05) is 6.07 Å². The lowest BCUT2D eigenvalue weighted by Crippen LogP contribution is -2.20. The maximum Gasteiger partial charge on any atom is 0.123 e. The maximum absolute atomic E-state index is 13.3. The number of aryl methyl sites for hydroxylation is 1. The number of halogens is 1. The van der Waals surface area contributed by atoms with Crippen LogP contribution in [0.25, 0.3) is 0 Å². The number of benzene rings is 1. The van der Waals surface area contributed by atoms with Gasteiger partial charge in [-0.05, 0) is 49.7 Å². The third kappa shape index (κ3) is 2.90. The molecule has 3 nitrogen and oxygen atoms in total. The first-order valence-corrected chi connectivity index (χ1v) is 5.89. The first kappa shape index (κ1) is 12.6. The SMILES string of the molecule is CNC(Cc1cc(F)ccc1C)c1ccncn1. The van der Waals surface area contributed by atoms with Gasteiger partial charge in [-0.25, -0.2) is 14.4 Å². The van der Waals surface area contributed by atoms with Crippen LogP contribution in [-0.2, 0) is 6.42 Å². The highest BCUT2D eigenvalue weighted by Crippen LogP contribution is 2.19. The topological polar surface area (TPSA) is 37.8 Å². The molecule has 0 aliphatic carbocycles. The molecule has 1 heterocycles.